The fraction of sp³-hybridized carbons (Fsp3) is 0.769. The van der Waals surface area contributed by atoms with Gasteiger partial charge in [-0.15, -0.1) is 0 Å². The molecular weight excluding hydrogens is 236 g/mol. The molecule has 1 fully saturated rings. The molecule has 0 spiro atoms. The lowest BCUT2D eigenvalue weighted by atomic mass is 10.2. The maximum atomic E-state index is 9.25. The molecule has 0 saturated carbocycles. The van der Waals surface area contributed by atoms with Gasteiger partial charge in [0, 0.05) is 19.3 Å². The van der Waals surface area contributed by atoms with Gasteiger partial charge in [-0.05, 0) is 25.7 Å². The van der Waals surface area contributed by atoms with Gasteiger partial charge in [-0.3, -0.25) is 0 Å². The Morgan fingerprint density at radius 2 is 1.83 bits per heavy atom. The van der Waals surface area contributed by atoms with E-state index < -0.39 is 12.3 Å². The molecule has 0 atom stereocenters. The Bertz CT molecular complexity index is 180. The Morgan fingerprint density at radius 1 is 1.33 bits per heavy atom. The van der Waals surface area contributed by atoms with Gasteiger partial charge in [0.25, 0.3) is 0 Å². The Kier molecular flexibility index (Phi) is 17.4. The van der Waals surface area contributed by atoms with Crippen molar-refractivity contribution < 1.29 is 24.9 Å². The molecule has 18 heavy (non-hydrogen) atoms. The number of aliphatic hydroxyl groups excluding tert-OH is 1. The average molecular weight is 262 g/mol. The highest BCUT2D eigenvalue weighted by Crippen LogP contribution is 2.00. The van der Waals surface area contributed by atoms with Crippen molar-refractivity contribution in [3.63, 3.8) is 0 Å². The molecule has 1 rings (SSSR count). The first-order chi connectivity index (χ1) is 8.54. The van der Waals surface area contributed by atoms with Crippen LogP contribution in [0.2, 0.25) is 0 Å². The minimum Gasteiger partial charge on any atom is -0.478 e. The normalized spacial score (nSPS) is 13.1. The summed E-state index contributed by atoms with van der Waals surface area (Å²) < 4.78 is 4.94. The molecule has 5 nitrogen and oxygen atoms in total. The molecule has 1 aliphatic rings. The van der Waals surface area contributed by atoms with E-state index in [1.807, 2.05) is 0 Å². The van der Waals surface area contributed by atoms with Crippen molar-refractivity contribution >= 4 is 5.97 Å². The van der Waals surface area contributed by atoms with Crippen LogP contribution < -0.4 is 0 Å². The fourth-order valence-corrected chi connectivity index (χ4v) is 1.09. The summed E-state index contributed by atoms with van der Waals surface area (Å²) in [6.45, 7) is 7.05. The molecule has 0 radical (unpaired) electrons. The topological polar surface area (TPSA) is 87.0 Å². The average Bonchev–Trinajstić information content (AvgIpc) is 2.88. The van der Waals surface area contributed by atoms with E-state index in [2.05, 4.69) is 13.5 Å². The van der Waals surface area contributed by atoms with Crippen molar-refractivity contribution in [3.05, 3.63) is 12.7 Å². The molecule has 0 aliphatic carbocycles. The summed E-state index contributed by atoms with van der Waals surface area (Å²) >= 11 is 0. The summed E-state index contributed by atoms with van der Waals surface area (Å²) in [4.78, 5) is 9.25. The number of carbonyl (C=O) groups is 1. The van der Waals surface area contributed by atoms with Crippen LogP contribution in [0.25, 0.3) is 0 Å². The van der Waals surface area contributed by atoms with Crippen LogP contribution in [0.5, 0.6) is 0 Å². The molecule has 0 unspecified atom stereocenters. The highest BCUT2D eigenvalue weighted by molar-refractivity contribution is 5.78. The van der Waals surface area contributed by atoms with E-state index in [1.165, 1.54) is 12.8 Å². The summed E-state index contributed by atoms with van der Waals surface area (Å²) in [6.07, 6.45) is 5.97. The second-order valence-electron chi connectivity index (χ2n) is 3.84. The number of rotatable bonds is 5. The van der Waals surface area contributed by atoms with E-state index >= 15 is 0 Å². The van der Waals surface area contributed by atoms with Gasteiger partial charge in [-0.25, -0.2) is 4.79 Å². The Labute approximate surface area is 109 Å². The molecule has 1 heterocycles. The van der Waals surface area contributed by atoms with Crippen molar-refractivity contribution in [1.29, 1.82) is 0 Å². The molecule has 108 valence electrons. The maximum Gasteiger partial charge on any atom is 0.327 e. The highest BCUT2D eigenvalue weighted by atomic mass is 16.5. The summed E-state index contributed by atoms with van der Waals surface area (Å²) in [5, 5.41) is 24.3. The Hall–Kier alpha value is -0.910. The van der Waals surface area contributed by atoms with Crippen LogP contribution in [-0.4, -0.2) is 40.8 Å². The third-order valence-electron chi connectivity index (χ3n) is 2.07. The lowest BCUT2D eigenvalue weighted by Crippen LogP contribution is -2.02. The van der Waals surface area contributed by atoms with Gasteiger partial charge >= 0.3 is 5.97 Å². The number of carboxylic acid groups (broad SMARTS) is 1. The zero-order valence-corrected chi connectivity index (χ0v) is 11.2. The van der Waals surface area contributed by atoms with Gasteiger partial charge in [-0.2, -0.15) is 0 Å². The van der Waals surface area contributed by atoms with Crippen LogP contribution in [0.4, 0.5) is 0 Å². The van der Waals surface area contributed by atoms with E-state index in [9.17, 15) is 4.79 Å². The van der Waals surface area contributed by atoms with E-state index in [4.69, 9.17) is 20.1 Å². The maximum absolute atomic E-state index is 9.25. The third kappa shape index (κ3) is 24.4. The molecule has 1 saturated heterocycles. The molecule has 1 aliphatic heterocycles. The molecular formula is C13H26O5. The van der Waals surface area contributed by atoms with Crippen molar-refractivity contribution in [2.24, 2.45) is 0 Å². The third-order valence-corrected chi connectivity index (χ3v) is 2.07. The van der Waals surface area contributed by atoms with E-state index in [1.54, 1.807) is 0 Å². The minimum atomic E-state index is -1.10. The smallest absolute Gasteiger partial charge is 0.327 e. The summed E-state index contributed by atoms with van der Waals surface area (Å²) in [5.74, 6) is -0.981. The van der Waals surface area contributed by atoms with Gasteiger partial charge in [-0.1, -0.05) is 26.3 Å². The first kappa shape index (κ1) is 19.4. The second kappa shape index (κ2) is 16.1. The lowest BCUT2D eigenvalue weighted by molar-refractivity contribution is -0.131. The second-order valence-corrected chi connectivity index (χ2v) is 3.84. The van der Waals surface area contributed by atoms with Gasteiger partial charge in [0.05, 0.1) is 0 Å². The van der Waals surface area contributed by atoms with Crippen molar-refractivity contribution in [3.8, 4) is 0 Å². The Balaban J connectivity index is 0. The first-order valence-electron chi connectivity index (χ1n) is 6.33. The quantitative estimate of drug-likeness (QED) is 0.400. The predicted octanol–water partition coefficient (Wildman–Crippen LogP) is 1.93. The number of aliphatic hydroxyl groups is 2. The highest BCUT2D eigenvalue weighted by Gasteiger charge is 1.95. The number of hydrogen-bond acceptors (Lipinski definition) is 4. The van der Waals surface area contributed by atoms with Gasteiger partial charge in [0.1, 0.15) is 0 Å². The molecule has 0 aromatic heterocycles. The standard InChI is InChI=1S/C6H14O2.C4H8O.C3H4O2/c1-2-3-4-5-6(7)8;1-2-4-5-3-1;1-2-3(4)5/h6-8H,2-5H2,1H3;1-4H2;2H,1H2,(H,4,5). The summed E-state index contributed by atoms with van der Waals surface area (Å²) in [7, 11) is 0. The molecule has 5 heteroatoms. The first-order valence-corrected chi connectivity index (χ1v) is 6.33. The zero-order valence-electron chi connectivity index (χ0n) is 11.2. The number of carboxylic acids is 1. The van der Waals surface area contributed by atoms with Crippen LogP contribution in [0.1, 0.15) is 45.4 Å². The SMILES string of the molecule is C1CCOC1.C=CC(=O)O.CCCCCC(O)O. The predicted molar refractivity (Wildman–Crippen MR) is 70.3 cm³/mol. The fourth-order valence-electron chi connectivity index (χ4n) is 1.09. The largest absolute Gasteiger partial charge is 0.478 e. The number of ether oxygens (including phenoxy) is 1. The number of aliphatic carboxylic acids is 1. The Morgan fingerprint density at radius 3 is 2.06 bits per heavy atom. The van der Waals surface area contributed by atoms with Crippen molar-refractivity contribution in [1.82, 2.24) is 0 Å². The van der Waals surface area contributed by atoms with Gasteiger partial charge < -0.3 is 20.1 Å². The van der Waals surface area contributed by atoms with E-state index in [0.29, 0.717) is 6.42 Å². The molecule has 0 aromatic rings. The number of hydrogen-bond donors (Lipinski definition) is 3. The summed E-state index contributed by atoms with van der Waals surface area (Å²) in [5.41, 5.74) is 0. The molecule has 3 N–H and O–H groups in total. The van der Waals surface area contributed by atoms with Crippen molar-refractivity contribution in [2.45, 2.75) is 51.7 Å². The van der Waals surface area contributed by atoms with E-state index in [-0.39, 0.29) is 0 Å². The van der Waals surface area contributed by atoms with E-state index in [0.717, 1.165) is 38.6 Å². The zero-order chi connectivity index (χ0) is 14.2. The molecule has 0 aromatic carbocycles. The molecule has 0 bridgehead atoms. The van der Waals surface area contributed by atoms with Crippen LogP contribution in [-0.2, 0) is 9.53 Å². The minimum absolute atomic E-state index is 0.522. The lowest BCUT2D eigenvalue weighted by Gasteiger charge is -1.99. The summed E-state index contributed by atoms with van der Waals surface area (Å²) in [6, 6.07) is 0. The van der Waals surface area contributed by atoms with Crippen LogP contribution in [0.3, 0.4) is 0 Å². The van der Waals surface area contributed by atoms with Crippen molar-refractivity contribution in [2.75, 3.05) is 13.2 Å². The van der Waals surface area contributed by atoms with Gasteiger partial charge in [0.2, 0.25) is 0 Å². The van der Waals surface area contributed by atoms with Gasteiger partial charge in [0.15, 0.2) is 6.29 Å². The van der Waals surface area contributed by atoms with Crippen LogP contribution >= 0.6 is 0 Å². The monoisotopic (exact) mass is 262 g/mol. The van der Waals surface area contributed by atoms with Crippen LogP contribution in [0.15, 0.2) is 12.7 Å². The number of unbranched alkanes of at least 4 members (excludes halogenated alkanes) is 2. The van der Waals surface area contributed by atoms with Crippen LogP contribution in [0, 0.1) is 0 Å². The molecule has 0 amide bonds.